The number of amides is 4. The van der Waals surface area contributed by atoms with Crippen molar-refractivity contribution < 1.29 is 23.7 Å². The Bertz CT molecular complexity index is 752. The van der Waals surface area contributed by atoms with Gasteiger partial charge in [0.05, 0.1) is 17.6 Å². The lowest BCUT2D eigenvalue weighted by Crippen LogP contribution is -3.09. The van der Waals surface area contributed by atoms with Gasteiger partial charge in [-0.15, -0.1) is 0 Å². The molecule has 1 saturated heterocycles. The third-order valence-electron chi connectivity index (χ3n) is 5.45. The highest BCUT2D eigenvalue weighted by Gasteiger charge is 2.50. The summed E-state index contributed by atoms with van der Waals surface area (Å²) in [6, 6.07) is 3.63. The first-order valence-corrected chi connectivity index (χ1v) is 9.62. The summed E-state index contributed by atoms with van der Waals surface area (Å²) in [6.07, 6.45) is 3.68. The molecule has 4 amide bonds. The fraction of sp³-hybridized carbons (Fsp3) is 0.526. The van der Waals surface area contributed by atoms with Crippen LogP contribution in [-0.4, -0.2) is 47.4 Å². The highest BCUT2D eigenvalue weighted by atomic mass is 35.5. The minimum Gasteiger partial charge on any atom is -0.316 e. The molecule has 8 heteroatoms. The molecule has 1 heterocycles. The summed E-state index contributed by atoms with van der Waals surface area (Å²) >= 11 is 6.05. The zero-order valence-corrected chi connectivity index (χ0v) is 16.3. The molecule has 1 N–H and O–H groups in total. The number of hydrogen-bond acceptors (Lipinski definition) is 3. The number of benzene rings is 1. The Balaban J connectivity index is 1.72. The van der Waals surface area contributed by atoms with Gasteiger partial charge >= 0.3 is 17.8 Å². The Morgan fingerprint density at radius 3 is 2.56 bits per heavy atom. The molecule has 1 aliphatic carbocycles. The van der Waals surface area contributed by atoms with E-state index in [1.54, 1.807) is 13.1 Å². The van der Waals surface area contributed by atoms with Gasteiger partial charge in [0.1, 0.15) is 12.4 Å². The molecule has 2 aliphatic rings. The molecule has 1 saturated carbocycles. The number of rotatable bonds is 5. The van der Waals surface area contributed by atoms with E-state index >= 15 is 0 Å². The lowest BCUT2D eigenvalue weighted by Gasteiger charge is -2.34. The number of nitrogens with zero attached hydrogens (tertiary/aromatic N) is 2. The van der Waals surface area contributed by atoms with Gasteiger partial charge in [-0.05, 0) is 30.9 Å². The lowest BCUT2D eigenvalue weighted by molar-refractivity contribution is -0.901. The molecule has 1 aromatic rings. The summed E-state index contributed by atoms with van der Waals surface area (Å²) in [4.78, 5) is 40.4. The highest BCUT2D eigenvalue weighted by molar-refractivity contribution is 6.44. The summed E-state index contributed by atoms with van der Waals surface area (Å²) in [7, 11) is 1.72. The van der Waals surface area contributed by atoms with Crippen molar-refractivity contribution in [1.29, 1.82) is 0 Å². The van der Waals surface area contributed by atoms with Crippen LogP contribution in [0.2, 0.25) is 5.02 Å². The number of halogens is 2. The van der Waals surface area contributed by atoms with Gasteiger partial charge in [0.15, 0.2) is 6.67 Å². The summed E-state index contributed by atoms with van der Waals surface area (Å²) in [5.74, 6) is -1.82. The van der Waals surface area contributed by atoms with Gasteiger partial charge in [0, 0.05) is 6.04 Å². The van der Waals surface area contributed by atoms with E-state index < -0.39 is 23.7 Å². The van der Waals surface area contributed by atoms with E-state index in [2.05, 4.69) is 0 Å². The number of carbonyl (C=O) groups excluding carboxylic acids is 3. The fourth-order valence-corrected chi connectivity index (χ4v) is 4.19. The Morgan fingerprint density at radius 1 is 1.19 bits per heavy atom. The number of imide groups is 2. The van der Waals surface area contributed by atoms with Crippen LogP contribution < -0.4 is 4.90 Å². The summed E-state index contributed by atoms with van der Waals surface area (Å²) in [5.41, 5.74) is 0.319. The average molecular weight is 397 g/mol. The SMILES string of the molecule is C[C@H]1CCCC[C@@H]1N1C(=O)C(=O)N(C[NH+](C)Cc2c(F)cccc2Cl)C1=O. The number of nitrogens with one attached hydrogen (secondary N) is 1. The Hall–Kier alpha value is -1.99. The second kappa shape index (κ2) is 7.94. The lowest BCUT2D eigenvalue weighted by atomic mass is 9.85. The molecular weight excluding hydrogens is 373 g/mol. The predicted molar refractivity (Wildman–Crippen MR) is 97.4 cm³/mol. The molecule has 0 bridgehead atoms. The average Bonchev–Trinajstić information content (AvgIpc) is 2.83. The molecule has 1 aliphatic heterocycles. The van der Waals surface area contributed by atoms with Crippen molar-refractivity contribution >= 4 is 29.4 Å². The van der Waals surface area contributed by atoms with Crippen molar-refractivity contribution in [3.63, 3.8) is 0 Å². The molecule has 2 fully saturated rings. The van der Waals surface area contributed by atoms with Gasteiger partial charge in [-0.1, -0.05) is 37.4 Å². The van der Waals surface area contributed by atoms with Crippen LogP contribution in [0.3, 0.4) is 0 Å². The van der Waals surface area contributed by atoms with E-state index in [1.165, 1.54) is 12.1 Å². The van der Waals surface area contributed by atoms with Crippen molar-refractivity contribution in [3.8, 4) is 0 Å². The molecule has 0 radical (unpaired) electrons. The van der Waals surface area contributed by atoms with Gasteiger partial charge in [0.25, 0.3) is 0 Å². The van der Waals surface area contributed by atoms with E-state index in [4.69, 9.17) is 11.6 Å². The molecule has 27 heavy (non-hydrogen) atoms. The smallest absolute Gasteiger partial charge is 0.316 e. The van der Waals surface area contributed by atoms with Crippen molar-refractivity contribution in [2.45, 2.75) is 45.2 Å². The van der Waals surface area contributed by atoms with Crippen LogP contribution in [0.1, 0.15) is 38.2 Å². The predicted octanol–water partition coefficient (Wildman–Crippen LogP) is 1.82. The first-order valence-electron chi connectivity index (χ1n) is 9.24. The van der Waals surface area contributed by atoms with Gasteiger partial charge in [-0.3, -0.25) is 14.5 Å². The summed E-state index contributed by atoms with van der Waals surface area (Å²) in [5, 5.41) is 0.294. The van der Waals surface area contributed by atoms with Gasteiger partial charge < -0.3 is 4.90 Å². The standard InChI is InChI=1S/C19H23ClFN3O3/c1-12-6-3-4-9-16(12)24-18(26)17(25)23(19(24)27)11-22(2)10-13-14(20)7-5-8-15(13)21/h5,7-8,12,16H,3-4,6,9-11H2,1-2H3/p+1/t12-,16-/m0/s1. The van der Waals surface area contributed by atoms with Crippen LogP contribution >= 0.6 is 11.6 Å². The maximum absolute atomic E-state index is 14.0. The van der Waals surface area contributed by atoms with E-state index in [-0.39, 0.29) is 25.2 Å². The monoisotopic (exact) mass is 396 g/mol. The van der Waals surface area contributed by atoms with Crippen LogP contribution in [0, 0.1) is 11.7 Å². The van der Waals surface area contributed by atoms with Gasteiger partial charge in [-0.2, -0.15) is 0 Å². The quantitative estimate of drug-likeness (QED) is 0.610. The summed E-state index contributed by atoms with van der Waals surface area (Å²) in [6.45, 7) is 2.18. The molecule has 3 rings (SSSR count). The fourth-order valence-electron chi connectivity index (χ4n) is 3.96. The molecule has 1 aromatic carbocycles. The van der Waals surface area contributed by atoms with Gasteiger partial charge in [0.2, 0.25) is 0 Å². The second-order valence-electron chi connectivity index (χ2n) is 7.51. The van der Waals surface area contributed by atoms with E-state index in [0.717, 1.165) is 35.5 Å². The van der Waals surface area contributed by atoms with Crippen molar-refractivity contribution in [2.75, 3.05) is 13.7 Å². The highest BCUT2D eigenvalue weighted by Crippen LogP contribution is 2.31. The molecule has 0 aromatic heterocycles. The maximum atomic E-state index is 14.0. The first kappa shape index (κ1) is 19.8. The minimum atomic E-state index is -0.809. The van der Waals surface area contributed by atoms with Crippen molar-refractivity contribution in [1.82, 2.24) is 9.80 Å². The molecular formula is C19H24ClFN3O3+. The molecule has 1 unspecified atom stereocenters. The zero-order valence-electron chi connectivity index (χ0n) is 15.5. The van der Waals surface area contributed by atoms with E-state index in [1.807, 2.05) is 6.92 Å². The van der Waals surface area contributed by atoms with Gasteiger partial charge in [-0.25, -0.2) is 14.1 Å². The number of carbonyl (C=O) groups is 3. The third kappa shape index (κ3) is 3.84. The van der Waals surface area contributed by atoms with Crippen LogP contribution in [-0.2, 0) is 16.1 Å². The Kier molecular flexibility index (Phi) is 5.81. The number of quaternary nitrogens is 1. The third-order valence-corrected chi connectivity index (χ3v) is 5.80. The zero-order chi connectivity index (χ0) is 19.7. The largest absolute Gasteiger partial charge is 0.338 e. The normalized spacial score (nSPS) is 24.7. The summed E-state index contributed by atoms with van der Waals surface area (Å²) < 4.78 is 14.0. The molecule has 6 nitrogen and oxygen atoms in total. The minimum absolute atomic E-state index is 0.0222. The molecule has 3 atom stereocenters. The van der Waals surface area contributed by atoms with Crippen LogP contribution in [0.15, 0.2) is 18.2 Å². The van der Waals surface area contributed by atoms with E-state index in [0.29, 0.717) is 15.5 Å². The molecule has 0 spiro atoms. The maximum Gasteiger partial charge on any atom is 0.338 e. The number of hydrogen-bond donors (Lipinski definition) is 1. The van der Waals surface area contributed by atoms with Crippen LogP contribution in [0.25, 0.3) is 0 Å². The topological polar surface area (TPSA) is 62.1 Å². The number of urea groups is 1. The Morgan fingerprint density at radius 2 is 1.89 bits per heavy atom. The van der Waals surface area contributed by atoms with Crippen LogP contribution in [0.4, 0.5) is 9.18 Å². The van der Waals surface area contributed by atoms with Crippen molar-refractivity contribution in [2.24, 2.45) is 5.92 Å². The second-order valence-corrected chi connectivity index (χ2v) is 7.92. The van der Waals surface area contributed by atoms with E-state index in [9.17, 15) is 18.8 Å². The Labute approximate surface area is 162 Å². The van der Waals surface area contributed by atoms with Crippen LogP contribution in [0.5, 0.6) is 0 Å². The first-order chi connectivity index (χ1) is 12.8. The van der Waals surface area contributed by atoms with Crippen molar-refractivity contribution in [3.05, 3.63) is 34.6 Å². The molecule has 146 valence electrons.